The Labute approximate surface area is 215 Å². The van der Waals surface area contributed by atoms with Crippen molar-refractivity contribution in [3.05, 3.63) is 105 Å². The number of hydrogen-bond acceptors (Lipinski definition) is 8. The second kappa shape index (κ2) is 10.1. The standard InChI is InChI=1S/C27H19N3O6S/c1-35-23-14-17(9-11-22(23)36-25-21(30(33)34)7-4-12-28-25)15-24-26(31)29(27(32)37-24)16-18-8-10-19-5-2-3-6-20(19)13-18/h2-15H,16H2,1H3/b24-15-. The van der Waals surface area contributed by atoms with Crippen LogP contribution in [0.5, 0.6) is 17.4 Å². The number of hydrogen-bond donors (Lipinski definition) is 0. The molecule has 2 heterocycles. The quantitative estimate of drug-likeness (QED) is 0.164. The zero-order valence-corrected chi connectivity index (χ0v) is 20.3. The fraction of sp³-hybridized carbons (Fsp3) is 0.0741. The lowest BCUT2D eigenvalue weighted by Crippen LogP contribution is -2.27. The van der Waals surface area contributed by atoms with E-state index in [1.54, 1.807) is 24.3 Å². The topological polar surface area (TPSA) is 112 Å². The third-order valence-electron chi connectivity index (χ3n) is 5.67. The highest BCUT2D eigenvalue weighted by Crippen LogP contribution is 2.38. The van der Waals surface area contributed by atoms with Gasteiger partial charge in [0, 0.05) is 12.3 Å². The summed E-state index contributed by atoms with van der Waals surface area (Å²) in [5, 5.41) is 13.0. The molecule has 0 bridgehead atoms. The van der Waals surface area contributed by atoms with Crippen molar-refractivity contribution in [2.24, 2.45) is 0 Å². The number of nitro groups is 1. The van der Waals surface area contributed by atoms with Gasteiger partial charge in [0.25, 0.3) is 17.0 Å². The molecule has 0 N–H and O–H groups in total. The zero-order chi connectivity index (χ0) is 25.9. The van der Waals surface area contributed by atoms with E-state index in [9.17, 15) is 19.7 Å². The number of methoxy groups -OCH3 is 1. The molecule has 184 valence electrons. The Morgan fingerprint density at radius 3 is 2.59 bits per heavy atom. The number of nitrogens with zero attached hydrogens (tertiary/aromatic N) is 3. The van der Waals surface area contributed by atoms with Crippen molar-refractivity contribution in [3.8, 4) is 17.4 Å². The third-order valence-corrected chi connectivity index (χ3v) is 6.58. The number of aromatic nitrogens is 1. The molecular formula is C27H19N3O6S. The summed E-state index contributed by atoms with van der Waals surface area (Å²) in [5.74, 6) is -0.0603. The number of rotatable bonds is 7. The van der Waals surface area contributed by atoms with Crippen molar-refractivity contribution in [2.45, 2.75) is 6.54 Å². The molecule has 4 aromatic rings. The molecule has 1 aromatic heterocycles. The van der Waals surface area contributed by atoms with Crippen LogP contribution in [0.3, 0.4) is 0 Å². The molecule has 0 spiro atoms. The van der Waals surface area contributed by atoms with Gasteiger partial charge >= 0.3 is 5.69 Å². The van der Waals surface area contributed by atoms with Gasteiger partial charge in [-0.05, 0) is 64.0 Å². The zero-order valence-electron chi connectivity index (χ0n) is 19.5. The summed E-state index contributed by atoms with van der Waals surface area (Å²) in [6.07, 6.45) is 2.98. The predicted octanol–water partition coefficient (Wildman–Crippen LogP) is 6.18. The monoisotopic (exact) mass is 513 g/mol. The first kappa shape index (κ1) is 24.0. The first-order chi connectivity index (χ1) is 17.9. The minimum atomic E-state index is -0.586. The molecule has 10 heteroatoms. The summed E-state index contributed by atoms with van der Waals surface area (Å²) in [6, 6.07) is 21.3. The van der Waals surface area contributed by atoms with E-state index in [0.717, 1.165) is 28.1 Å². The van der Waals surface area contributed by atoms with Crippen LogP contribution in [0.15, 0.2) is 83.9 Å². The summed E-state index contributed by atoms with van der Waals surface area (Å²) in [7, 11) is 1.43. The maximum atomic E-state index is 13.0. The number of ether oxygens (including phenoxy) is 2. The smallest absolute Gasteiger partial charge is 0.331 e. The van der Waals surface area contributed by atoms with Crippen molar-refractivity contribution in [3.63, 3.8) is 0 Å². The predicted molar refractivity (Wildman–Crippen MR) is 139 cm³/mol. The maximum Gasteiger partial charge on any atom is 0.331 e. The van der Waals surface area contributed by atoms with E-state index in [0.29, 0.717) is 5.56 Å². The van der Waals surface area contributed by atoms with Gasteiger partial charge in [0.15, 0.2) is 11.5 Å². The maximum absolute atomic E-state index is 13.0. The number of benzene rings is 3. The van der Waals surface area contributed by atoms with Gasteiger partial charge in [-0.1, -0.05) is 42.5 Å². The van der Waals surface area contributed by atoms with Crippen LogP contribution < -0.4 is 9.47 Å². The van der Waals surface area contributed by atoms with E-state index in [1.165, 1.54) is 30.3 Å². The number of imide groups is 1. The fourth-order valence-electron chi connectivity index (χ4n) is 3.87. The molecule has 37 heavy (non-hydrogen) atoms. The number of carbonyl (C=O) groups is 2. The number of carbonyl (C=O) groups excluding carboxylic acids is 2. The molecule has 2 amide bonds. The second-order valence-electron chi connectivity index (χ2n) is 8.05. The first-order valence-corrected chi connectivity index (χ1v) is 11.9. The Morgan fingerprint density at radius 1 is 1.00 bits per heavy atom. The minimum Gasteiger partial charge on any atom is -0.493 e. The molecule has 0 radical (unpaired) electrons. The highest BCUT2D eigenvalue weighted by molar-refractivity contribution is 8.18. The Morgan fingerprint density at radius 2 is 1.81 bits per heavy atom. The average Bonchev–Trinajstić information content (AvgIpc) is 3.16. The third kappa shape index (κ3) is 5.00. The highest BCUT2D eigenvalue weighted by atomic mass is 32.2. The van der Waals surface area contributed by atoms with Gasteiger partial charge in [-0.2, -0.15) is 0 Å². The second-order valence-corrected chi connectivity index (χ2v) is 9.04. The van der Waals surface area contributed by atoms with Crippen LogP contribution in [0, 0.1) is 10.1 Å². The Balaban J connectivity index is 1.36. The van der Waals surface area contributed by atoms with Gasteiger partial charge in [-0.15, -0.1) is 0 Å². The van der Waals surface area contributed by atoms with Crippen LogP contribution >= 0.6 is 11.8 Å². The van der Waals surface area contributed by atoms with E-state index in [-0.39, 0.29) is 45.7 Å². The van der Waals surface area contributed by atoms with Gasteiger partial charge in [0.05, 0.1) is 23.5 Å². The summed E-state index contributed by atoms with van der Waals surface area (Å²) < 4.78 is 11.0. The molecule has 1 saturated heterocycles. The van der Waals surface area contributed by atoms with E-state index in [2.05, 4.69) is 4.98 Å². The van der Waals surface area contributed by atoms with E-state index >= 15 is 0 Å². The fourth-order valence-corrected chi connectivity index (χ4v) is 4.71. The molecule has 1 aliphatic rings. The summed E-state index contributed by atoms with van der Waals surface area (Å²) in [4.78, 5) is 41.8. The van der Waals surface area contributed by atoms with Crippen molar-refractivity contribution in [1.29, 1.82) is 0 Å². The van der Waals surface area contributed by atoms with E-state index < -0.39 is 4.92 Å². The summed E-state index contributed by atoms with van der Waals surface area (Å²) in [5.41, 5.74) is 1.17. The Kier molecular flexibility index (Phi) is 6.57. The van der Waals surface area contributed by atoms with Crippen molar-refractivity contribution in [2.75, 3.05) is 7.11 Å². The molecule has 0 unspecified atom stereocenters. The molecule has 1 fully saturated rings. The normalized spacial score (nSPS) is 14.4. The molecule has 1 aliphatic heterocycles. The number of pyridine rings is 1. The first-order valence-electron chi connectivity index (χ1n) is 11.1. The number of thioether (sulfide) groups is 1. The molecule has 0 saturated carbocycles. The van der Waals surface area contributed by atoms with Crippen LogP contribution in [0.2, 0.25) is 0 Å². The summed E-state index contributed by atoms with van der Waals surface area (Å²) >= 11 is 0.866. The van der Waals surface area contributed by atoms with Gasteiger partial charge in [-0.3, -0.25) is 24.6 Å². The average molecular weight is 514 g/mol. The van der Waals surface area contributed by atoms with Gasteiger partial charge in [0.1, 0.15) is 0 Å². The van der Waals surface area contributed by atoms with Crippen LogP contribution in [0.25, 0.3) is 16.8 Å². The lowest BCUT2D eigenvalue weighted by Gasteiger charge is -2.13. The SMILES string of the molecule is COc1cc(/C=C2\SC(=O)N(Cc3ccc4ccccc4c3)C2=O)ccc1Oc1ncccc1[N+](=O)[O-]. The highest BCUT2D eigenvalue weighted by Gasteiger charge is 2.35. The molecule has 0 atom stereocenters. The van der Waals surface area contributed by atoms with Gasteiger partial charge < -0.3 is 9.47 Å². The lowest BCUT2D eigenvalue weighted by molar-refractivity contribution is -0.386. The van der Waals surface area contributed by atoms with Gasteiger partial charge in [0.2, 0.25) is 0 Å². The van der Waals surface area contributed by atoms with Crippen LogP contribution in [0.4, 0.5) is 10.5 Å². The van der Waals surface area contributed by atoms with Crippen molar-refractivity contribution < 1.29 is 24.0 Å². The minimum absolute atomic E-state index is 0.172. The number of fused-ring (bicyclic) bond motifs is 1. The van der Waals surface area contributed by atoms with Crippen LogP contribution in [-0.2, 0) is 11.3 Å². The molecule has 5 rings (SSSR count). The molecule has 0 aliphatic carbocycles. The van der Waals surface area contributed by atoms with E-state index in [1.807, 2.05) is 42.5 Å². The van der Waals surface area contributed by atoms with Crippen LogP contribution in [0.1, 0.15) is 11.1 Å². The molecule has 9 nitrogen and oxygen atoms in total. The van der Waals surface area contributed by atoms with Crippen molar-refractivity contribution in [1.82, 2.24) is 9.88 Å². The number of amides is 2. The summed E-state index contributed by atoms with van der Waals surface area (Å²) in [6.45, 7) is 0.172. The molecule has 3 aromatic carbocycles. The lowest BCUT2D eigenvalue weighted by atomic mass is 10.1. The molecular weight excluding hydrogens is 494 g/mol. The van der Waals surface area contributed by atoms with Crippen molar-refractivity contribution >= 4 is 45.4 Å². The Hall–Kier alpha value is -4.70. The Bertz CT molecular complexity index is 1590. The van der Waals surface area contributed by atoms with Gasteiger partial charge in [-0.25, -0.2) is 4.98 Å². The largest absolute Gasteiger partial charge is 0.493 e. The van der Waals surface area contributed by atoms with E-state index in [4.69, 9.17) is 9.47 Å². The van der Waals surface area contributed by atoms with Crippen LogP contribution in [-0.4, -0.2) is 33.1 Å².